The molecule has 0 aliphatic heterocycles. The molecular weight excluding hydrogens is 745 g/mol. The molecule has 0 rings (SSSR count). The molecule has 0 aromatic heterocycles. The summed E-state index contributed by atoms with van der Waals surface area (Å²) in [5, 5.41) is 0. The van der Waals surface area contributed by atoms with Gasteiger partial charge in [0.25, 0.3) is 0 Å². The van der Waals surface area contributed by atoms with Crippen molar-refractivity contribution in [3.05, 3.63) is 60.8 Å². The first-order valence-corrected chi connectivity index (χ1v) is 25.3. The lowest BCUT2D eigenvalue weighted by molar-refractivity contribution is -0.167. The Morgan fingerprint density at radius 1 is 0.350 bits per heavy atom. The molecule has 1 atom stereocenters. The van der Waals surface area contributed by atoms with Gasteiger partial charge in [0.15, 0.2) is 6.10 Å². The SMILES string of the molecule is CC/C=C\C/C=C\C/C=C\C/C=C\CCCCC(=O)OC(COC(=O)CCCCCCC/C=C\CCCCCCCCC)COC(=O)CCCCCCCCCCCCC. The van der Waals surface area contributed by atoms with Crippen LogP contribution in [0.1, 0.15) is 245 Å². The number of hydrogen-bond donors (Lipinski definition) is 0. The highest BCUT2D eigenvalue weighted by molar-refractivity contribution is 5.71. The Morgan fingerprint density at radius 3 is 1.07 bits per heavy atom. The molecule has 0 amide bonds. The normalized spacial score (nSPS) is 12.5. The molecule has 1 unspecified atom stereocenters. The molecule has 0 saturated heterocycles. The summed E-state index contributed by atoms with van der Waals surface area (Å²) in [5.74, 6) is -0.940. The molecule has 0 aromatic rings. The fourth-order valence-corrected chi connectivity index (χ4v) is 6.96. The van der Waals surface area contributed by atoms with Crippen molar-refractivity contribution in [1.82, 2.24) is 0 Å². The van der Waals surface area contributed by atoms with Crippen LogP contribution in [0.25, 0.3) is 0 Å². The van der Waals surface area contributed by atoms with Crippen molar-refractivity contribution in [1.29, 1.82) is 0 Å². The van der Waals surface area contributed by atoms with E-state index in [4.69, 9.17) is 14.2 Å². The molecule has 0 fully saturated rings. The first kappa shape index (κ1) is 57.1. The summed E-state index contributed by atoms with van der Waals surface area (Å²) >= 11 is 0. The third-order valence-corrected chi connectivity index (χ3v) is 10.8. The van der Waals surface area contributed by atoms with E-state index < -0.39 is 6.10 Å². The highest BCUT2D eigenvalue weighted by atomic mass is 16.6. The van der Waals surface area contributed by atoms with Gasteiger partial charge >= 0.3 is 17.9 Å². The van der Waals surface area contributed by atoms with Crippen LogP contribution in [0.4, 0.5) is 0 Å². The third-order valence-electron chi connectivity index (χ3n) is 10.8. The number of carbonyl (C=O) groups excluding carboxylic acids is 3. The Kier molecular flexibility index (Phi) is 46.4. The highest BCUT2D eigenvalue weighted by Gasteiger charge is 2.19. The van der Waals surface area contributed by atoms with Crippen LogP contribution in [0.3, 0.4) is 0 Å². The van der Waals surface area contributed by atoms with E-state index in [-0.39, 0.29) is 37.5 Å². The third kappa shape index (κ3) is 46.2. The van der Waals surface area contributed by atoms with E-state index in [1.54, 1.807) is 0 Å². The summed E-state index contributed by atoms with van der Waals surface area (Å²) in [4.78, 5) is 37.9. The lowest BCUT2D eigenvalue weighted by Crippen LogP contribution is -2.30. The van der Waals surface area contributed by atoms with E-state index in [9.17, 15) is 14.4 Å². The summed E-state index contributed by atoms with van der Waals surface area (Å²) in [5.41, 5.74) is 0. The van der Waals surface area contributed by atoms with Gasteiger partial charge in [-0.25, -0.2) is 0 Å². The van der Waals surface area contributed by atoms with Crippen molar-refractivity contribution in [2.24, 2.45) is 0 Å². The van der Waals surface area contributed by atoms with Crippen molar-refractivity contribution >= 4 is 17.9 Å². The van der Waals surface area contributed by atoms with E-state index in [1.165, 1.54) is 116 Å². The largest absolute Gasteiger partial charge is 0.462 e. The predicted octanol–water partition coefficient (Wildman–Crippen LogP) is 16.5. The number of carbonyl (C=O) groups is 3. The van der Waals surface area contributed by atoms with E-state index in [2.05, 4.69) is 81.5 Å². The number of ether oxygens (including phenoxy) is 3. The van der Waals surface area contributed by atoms with E-state index >= 15 is 0 Å². The molecule has 0 bridgehead atoms. The Labute approximate surface area is 370 Å². The van der Waals surface area contributed by atoms with Crippen LogP contribution >= 0.6 is 0 Å². The molecule has 0 radical (unpaired) electrons. The Morgan fingerprint density at radius 2 is 0.650 bits per heavy atom. The topological polar surface area (TPSA) is 78.9 Å². The smallest absolute Gasteiger partial charge is 0.306 e. The number of allylic oxidation sites excluding steroid dienone is 10. The summed E-state index contributed by atoms with van der Waals surface area (Å²) in [6, 6.07) is 0. The van der Waals surface area contributed by atoms with Crippen LogP contribution in [-0.4, -0.2) is 37.2 Å². The maximum atomic E-state index is 12.8. The van der Waals surface area contributed by atoms with Gasteiger partial charge in [0.05, 0.1) is 0 Å². The van der Waals surface area contributed by atoms with Crippen LogP contribution in [0.5, 0.6) is 0 Å². The van der Waals surface area contributed by atoms with Gasteiger partial charge in [-0.2, -0.15) is 0 Å². The molecule has 346 valence electrons. The Bertz CT molecular complexity index is 1100. The zero-order valence-corrected chi connectivity index (χ0v) is 39.5. The Balaban J connectivity index is 4.44. The summed E-state index contributed by atoms with van der Waals surface area (Å²) in [6.07, 6.45) is 59.2. The van der Waals surface area contributed by atoms with Gasteiger partial charge in [0.1, 0.15) is 13.2 Å². The molecular formula is C54H94O6. The van der Waals surface area contributed by atoms with Gasteiger partial charge in [-0.3, -0.25) is 14.4 Å². The molecule has 6 heteroatoms. The van der Waals surface area contributed by atoms with Gasteiger partial charge < -0.3 is 14.2 Å². The van der Waals surface area contributed by atoms with E-state index in [1.807, 2.05) is 0 Å². The average Bonchev–Trinajstić information content (AvgIpc) is 3.24. The second-order valence-electron chi connectivity index (χ2n) is 16.7. The van der Waals surface area contributed by atoms with Crippen LogP contribution in [0, 0.1) is 0 Å². The van der Waals surface area contributed by atoms with Crippen LogP contribution in [0.15, 0.2) is 60.8 Å². The lowest BCUT2D eigenvalue weighted by Gasteiger charge is -2.18. The lowest BCUT2D eigenvalue weighted by atomic mass is 10.1. The van der Waals surface area contributed by atoms with Gasteiger partial charge in [0, 0.05) is 19.3 Å². The van der Waals surface area contributed by atoms with Crippen molar-refractivity contribution in [2.45, 2.75) is 252 Å². The fraction of sp³-hybridized carbons (Fsp3) is 0.759. The fourth-order valence-electron chi connectivity index (χ4n) is 6.96. The Hall–Kier alpha value is -2.89. The average molecular weight is 839 g/mol. The minimum atomic E-state index is -0.795. The van der Waals surface area contributed by atoms with Gasteiger partial charge in [-0.1, -0.05) is 204 Å². The molecule has 0 aliphatic carbocycles. The zero-order chi connectivity index (χ0) is 43.7. The second kappa shape index (κ2) is 48.8. The summed E-state index contributed by atoms with van der Waals surface area (Å²) in [7, 11) is 0. The molecule has 0 saturated carbocycles. The van der Waals surface area contributed by atoms with E-state index in [0.29, 0.717) is 19.3 Å². The maximum absolute atomic E-state index is 12.8. The molecule has 0 spiro atoms. The molecule has 6 nitrogen and oxygen atoms in total. The highest BCUT2D eigenvalue weighted by Crippen LogP contribution is 2.14. The number of esters is 3. The molecule has 0 aromatic carbocycles. The van der Waals surface area contributed by atoms with Crippen molar-refractivity contribution in [2.75, 3.05) is 13.2 Å². The molecule has 0 N–H and O–H groups in total. The zero-order valence-electron chi connectivity index (χ0n) is 39.5. The molecule has 0 aliphatic rings. The second-order valence-corrected chi connectivity index (χ2v) is 16.7. The first-order valence-electron chi connectivity index (χ1n) is 25.3. The molecule has 60 heavy (non-hydrogen) atoms. The predicted molar refractivity (Wildman–Crippen MR) is 256 cm³/mol. The van der Waals surface area contributed by atoms with Crippen LogP contribution < -0.4 is 0 Å². The number of hydrogen-bond acceptors (Lipinski definition) is 6. The minimum absolute atomic E-state index is 0.0919. The molecule has 0 heterocycles. The van der Waals surface area contributed by atoms with Crippen LogP contribution in [0.2, 0.25) is 0 Å². The monoisotopic (exact) mass is 839 g/mol. The van der Waals surface area contributed by atoms with Crippen molar-refractivity contribution < 1.29 is 28.6 Å². The standard InChI is InChI=1S/C54H94O6/c1-4-7-10-13-16-19-22-24-26-28-29-32-35-38-41-44-47-53(56)59-50-51(49-58-52(55)46-43-40-37-34-31-21-18-15-12-9-6-3)60-54(57)48-45-42-39-36-33-30-27-25-23-20-17-14-11-8-5-2/h8,11,17,20,25-28,33,36,51H,4-7,9-10,12-16,18-19,21-24,29-32,34-35,37-50H2,1-3H3/b11-8-,20-17-,27-25-,28-26-,36-33-. The first-order chi connectivity index (χ1) is 29.5. The maximum Gasteiger partial charge on any atom is 0.306 e. The van der Waals surface area contributed by atoms with Gasteiger partial charge in [-0.15, -0.1) is 0 Å². The minimum Gasteiger partial charge on any atom is -0.462 e. The van der Waals surface area contributed by atoms with Crippen molar-refractivity contribution in [3.8, 4) is 0 Å². The number of rotatable bonds is 45. The van der Waals surface area contributed by atoms with Crippen LogP contribution in [-0.2, 0) is 28.6 Å². The number of unbranched alkanes of at least 4 members (excludes halogenated alkanes) is 24. The summed E-state index contributed by atoms with van der Waals surface area (Å²) in [6.45, 7) is 6.47. The van der Waals surface area contributed by atoms with Gasteiger partial charge in [-0.05, 0) is 83.5 Å². The van der Waals surface area contributed by atoms with E-state index in [0.717, 1.165) is 83.5 Å². The quantitative estimate of drug-likeness (QED) is 0.0263. The van der Waals surface area contributed by atoms with Gasteiger partial charge in [0.2, 0.25) is 0 Å². The summed E-state index contributed by atoms with van der Waals surface area (Å²) < 4.78 is 16.7. The van der Waals surface area contributed by atoms with Crippen molar-refractivity contribution in [3.63, 3.8) is 0 Å².